The van der Waals surface area contributed by atoms with Gasteiger partial charge in [0.1, 0.15) is 5.69 Å². The molecule has 0 aliphatic heterocycles. The van der Waals surface area contributed by atoms with Crippen LogP contribution in [-0.2, 0) is 6.54 Å². The van der Waals surface area contributed by atoms with Gasteiger partial charge < -0.3 is 5.32 Å². The summed E-state index contributed by atoms with van der Waals surface area (Å²) in [7, 11) is 0. The minimum absolute atomic E-state index is 0.457. The molecule has 0 fully saturated rings. The molecule has 0 saturated heterocycles. The Bertz CT molecular complexity index is 438. The standard InChI is InChI=1S/C11H14N4S/c1-8(2)13-7-10-11(14-15-16-10)9-5-3-4-6-12-9/h3-6,8,13H,7H2,1-2H3. The van der Waals surface area contributed by atoms with Crippen molar-refractivity contribution in [2.45, 2.75) is 26.4 Å². The maximum absolute atomic E-state index is 4.29. The molecule has 0 amide bonds. The summed E-state index contributed by atoms with van der Waals surface area (Å²) in [4.78, 5) is 5.42. The van der Waals surface area contributed by atoms with Crippen LogP contribution in [0, 0.1) is 0 Å². The van der Waals surface area contributed by atoms with Crippen molar-refractivity contribution in [3.05, 3.63) is 29.3 Å². The van der Waals surface area contributed by atoms with E-state index in [-0.39, 0.29) is 0 Å². The molecule has 0 atom stereocenters. The topological polar surface area (TPSA) is 50.7 Å². The Morgan fingerprint density at radius 2 is 2.25 bits per heavy atom. The summed E-state index contributed by atoms with van der Waals surface area (Å²) in [5, 5.41) is 7.49. The number of pyridine rings is 1. The van der Waals surface area contributed by atoms with E-state index in [1.807, 2.05) is 18.2 Å². The van der Waals surface area contributed by atoms with E-state index in [4.69, 9.17) is 0 Å². The SMILES string of the molecule is CC(C)NCc1snnc1-c1ccccn1. The second-order valence-corrected chi connectivity index (χ2v) is 4.63. The molecule has 2 aromatic rings. The van der Waals surface area contributed by atoms with Crippen LogP contribution in [0.25, 0.3) is 11.4 Å². The molecule has 2 heterocycles. The fourth-order valence-electron chi connectivity index (χ4n) is 1.32. The van der Waals surface area contributed by atoms with E-state index in [0.717, 1.165) is 22.8 Å². The van der Waals surface area contributed by atoms with Gasteiger partial charge in [-0.1, -0.05) is 24.4 Å². The van der Waals surface area contributed by atoms with Crippen LogP contribution in [0.5, 0.6) is 0 Å². The lowest BCUT2D eigenvalue weighted by Crippen LogP contribution is -2.21. The first-order valence-corrected chi connectivity index (χ1v) is 6.00. The molecular weight excluding hydrogens is 220 g/mol. The molecule has 0 radical (unpaired) electrons. The van der Waals surface area contributed by atoms with E-state index in [0.29, 0.717) is 6.04 Å². The van der Waals surface area contributed by atoms with Gasteiger partial charge in [0.05, 0.1) is 10.6 Å². The fraction of sp³-hybridized carbons (Fsp3) is 0.364. The summed E-state index contributed by atoms with van der Waals surface area (Å²) >= 11 is 1.42. The summed E-state index contributed by atoms with van der Waals surface area (Å²) in [5.41, 5.74) is 1.77. The Labute approximate surface area is 98.9 Å². The Hall–Kier alpha value is -1.33. The van der Waals surface area contributed by atoms with Crippen LogP contribution in [0.1, 0.15) is 18.7 Å². The molecule has 0 aliphatic carbocycles. The Morgan fingerprint density at radius 3 is 2.94 bits per heavy atom. The van der Waals surface area contributed by atoms with Crippen molar-refractivity contribution in [2.24, 2.45) is 0 Å². The Morgan fingerprint density at radius 1 is 1.38 bits per heavy atom. The van der Waals surface area contributed by atoms with E-state index in [2.05, 4.69) is 33.7 Å². The lowest BCUT2D eigenvalue weighted by atomic mass is 10.2. The molecule has 0 saturated carbocycles. The molecule has 0 aliphatic rings. The van der Waals surface area contributed by atoms with Crippen molar-refractivity contribution in [3.63, 3.8) is 0 Å². The first-order valence-electron chi connectivity index (χ1n) is 5.23. The van der Waals surface area contributed by atoms with Crippen molar-refractivity contribution in [1.29, 1.82) is 0 Å². The average molecular weight is 234 g/mol. The van der Waals surface area contributed by atoms with Gasteiger partial charge in [0.15, 0.2) is 0 Å². The summed E-state index contributed by atoms with van der Waals surface area (Å²) in [6.45, 7) is 5.03. The molecule has 0 bridgehead atoms. The Kier molecular flexibility index (Phi) is 3.58. The van der Waals surface area contributed by atoms with Crippen LogP contribution in [0.15, 0.2) is 24.4 Å². The largest absolute Gasteiger partial charge is 0.310 e. The number of hydrogen-bond donors (Lipinski definition) is 1. The normalized spacial score (nSPS) is 10.9. The summed E-state index contributed by atoms with van der Waals surface area (Å²) in [6, 6.07) is 6.27. The third-order valence-corrected chi connectivity index (χ3v) is 2.86. The highest BCUT2D eigenvalue weighted by atomic mass is 32.1. The number of hydrogen-bond acceptors (Lipinski definition) is 5. The molecular formula is C11H14N4S. The van der Waals surface area contributed by atoms with Gasteiger partial charge in [-0.15, -0.1) is 5.10 Å². The third kappa shape index (κ3) is 2.62. The minimum atomic E-state index is 0.457. The highest BCUT2D eigenvalue weighted by Crippen LogP contribution is 2.21. The number of nitrogens with one attached hydrogen (secondary N) is 1. The number of nitrogens with zero attached hydrogens (tertiary/aromatic N) is 3. The zero-order valence-electron chi connectivity index (χ0n) is 9.34. The average Bonchev–Trinajstić information content (AvgIpc) is 2.75. The van der Waals surface area contributed by atoms with Gasteiger partial charge in [0, 0.05) is 18.8 Å². The summed E-state index contributed by atoms with van der Waals surface area (Å²) in [6.07, 6.45) is 1.77. The van der Waals surface area contributed by atoms with E-state index in [9.17, 15) is 0 Å². The van der Waals surface area contributed by atoms with Crippen molar-refractivity contribution in [1.82, 2.24) is 19.9 Å². The Balaban J connectivity index is 2.19. The van der Waals surface area contributed by atoms with Crippen LogP contribution < -0.4 is 5.32 Å². The molecule has 1 N–H and O–H groups in total. The van der Waals surface area contributed by atoms with Crippen molar-refractivity contribution >= 4 is 11.5 Å². The van der Waals surface area contributed by atoms with Crippen molar-refractivity contribution < 1.29 is 0 Å². The van der Waals surface area contributed by atoms with Gasteiger partial charge >= 0.3 is 0 Å². The zero-order chi connectivity index (χ0) is 11.4. The van der Waals surface area contributed by atoms with Crippen LogP contribution in [-0.4, -0.2) is 20.6 Å². The molecule has 84 valence electrons. The van der Waals surface area contributed by atoms with E-state index >= 15 is 0 Å². The summed E-state index contributed by atoms with van der Waals surface area (Å²) in [5.74, 6) is 0. The van der Waals surface area contributed by atoms with Crippen LogP contribution >= 0.6 is 11.5 Å². The summed E-state index contributed by atoms with van der Waals surface area (Å²) < 4.78 is 3.99. The quantitative estimate of drug-likeness (QED) is 0.880. The molecule has 0 aromatic carbocycles. The monoisotopic (exact) mass is 234 g/mol. The molecule has 0 unspecified atom stereocenters. The van der Waals surface area contributed by atoms with E-state index < -0.39 is 0 Å². The lowest BCUT2D eigenvalue weighted by molar-refractivity contribution is 0.593. The van der Waals surface area contributed by atoms with Gasteiger partial charge in [-0.05, 0) is 23.7 Å². The molecule has 2 rings (SSSR count). The highest BCUT2D eigenvalue weighted by molar-refractivity contribution is 7.05. The van der Waals surface area contributed by atoms with Gasteiger partial charge in [-0.25, -0.2) is 0 Å². The first kappa shape index (κ1) is 11.2. The van der Waals surface area contributed by atoms with Crippen LogP contribution in [0.3, 0.4) is 0 Å². The minimum Gasteiger partial charge on any atom is -0.310 e. The molecule has 0 spiro atoms. The van der Waals surface area contributed by atoms with Gasteiger partial charge in [-0.2, -0.15) is 0 Å². The predicted octanol–water partition coefficient (Wildman–Crippen LogP) is 2.10. The first-order chi connectivity index (χ1) is 7.77. The number of aromatic nitrogens is 3. The molecule has 2 aromatic heterocycles. The van der Waals surface area contributed by atoms with Crippen LogP contribution in [0.4, 0.5) is 0 Å². The maximum atomic E-state index is 4.29. The van der Waals surface area contributed by atoms with Gasteiger partial charge in [-0.3, -0.25) is 4.98 Å². The smallest absolute Gasteiger partial charge is 0.128 e. The van der Waals surface area contributed by atoms with Gasteiger partial charge in [0.2, 0.25) is 0 Å². The highest BCUT2D eigenvalue weighted by Gasteiger charge is 2.10. The lowest BCUT2D eigenvalue weighted by Gasteiger charge is -2.06. The van der Waals surface area contributed by atoms with Crippen molar-refractivity contribution in [3.8, 4) is 11.4 Å². The molecule has 4 nitrogen and oxygen atoms in total. The predicted molar refractivity (Wildman–Crippen MR) is 65.1 cm³/mol. The number of rotatable bonds is 4. The second kappa shape index (κ2) is 5.14. The van der Waals surface area contributed by atoms with Crippen molar-refractivity contribution in [2.75, 3.05) is 0 Å². The second-order valence-electron chi connectivity index (χ2n) is 3.80. The molecule has 16 heavy (non-hydrogen) atoms. The van der Waals surface area contributed by atoms with E-state index in [1.54, 1.807) is 6.20 Å². The zero-order valence-corrected chi connectivity index (χ0v) is 10.2. The third-order valence-electron chi connectivity index (χ3n) is 2.13. The van der Waals surface area contributed by atoms with E-state index in [1.165, 1.54) is 11.5 Å². The molecule has 5 heteroatoms. The van der Waals surface area contributed by atoms with Crippen LogP contribution in [0.2, 0.25) is 0 Å². The fourth-order valence-corrected chi connectivity index (χ4v) is 1.92. The maximum Gasteiger partial charge on any atom is 0.128 e. The van der Waals surface area contributed by atoms with Gasteiger partial charge in [0.25, 0.3) is 0 Å².